The highest BCUT2D eigenvalue weighted by atomic mass is 32.2. The van der Waals surface area contributed by atoms with Crippen LogP contribution in [0.15, 0.2) is 71.6 Å². The van der Waals surface area contributed by atoms with E-state index in [4.69, 9.17) is 0 Å². The molecule has 0 atom stereocenters. The highest BCUT2D eigenvalue weighted by Gasteiger charge is 2.14. The van der Waals surface area contributed by atoms with Gasteiger partial charge in [0, 0.05) is 16.3 Å². The van der Waals surface area contributed by atoms with Gasteiger partial charge in [0.15, 0.2) is 0 Å². The maximum absolute atomic E-state index is 12.1. The Kier molecular flexibility index (Phi) is 4.82. The molecule has 120 valence electrons. The molecule has 3 aromatic rings. The monoisotopic (exact) mass is 336 g/mol. The predicted octanol–water partition coefficient (Wildman–Crippen LogP) is 4.14. The zero-order valence-corrected chi connectivity index (χ0v) is 13.9. The lowest BCUT2D eigenvalue weighted by Gasteiger charge is -2.08. The summed E-state index contributed by atoms with van der Waals surface area (Å²) in [5.74, 6) is -1.39. The molecular formula is C19H16N2O2S. The van der Waals surface area contributed by atoms with Gasteiger partial charge in [0.2, 0.25) is 0 Å². The molecule has 0 aliphatic carbocycles. The lowest BCUT2D eigenvalue weighted by atomic mass is 10.1. The van der Waals surface area contributed by atoms with E-state index < -0.39 is 11.8 Å². The summed E-state index contributed by atoms with van der Waals surface area (Å²) in [4.78, 5) is 25.1. The minimum atomic E-state index is -0.695. The summed E-state index contributed by atoms with van der Waals surface area (Å²) in [6, 6.07) is 20.7. The molecule has 3 rings (SSSR count). The van der Waals surface area contributed by atoms with Crippen molar-refractivity contribution in [3.63, 3.8) is 0 Å². The van der Waals surface area contributed by atoms with Gasteiger partial charge in [0.1, 0.15) is 0 Å². The smallest absolute Gasteiger partial charge is 0.314 e. The number of thioether (sulfide) groups is 1. The molecule has 0 spiro atoms. The topological polar surface area (TPSA) is 58.2 Å². The summed E-state index contributed by atoms with van der Waals surface area (Å²) in [5, 5.41) is 7.32. The molecule has 24 heavy (non-hydrogen) atoms. The van der Waals surface area contributed by atoms with Crippen LogP contribution in [0, 0.1) is 0 Å². The van der Waals surface area contributed by atoms with Crippen LogP contribution in [-0.4, -0.2) is 18.1 Å². The summed E-state index contributed by atoms with van der Waals surface area (Å²) in [5.41, 5.74) is 1.19. The summed E-state index contributed by atoms with van der Waals surface area (Å²) in [6.45, 7) is 0. The zero-order valence-electron chi connectivity index (χ0n) is 13.1. The van der Waals surface area contributed by atoms with Crippen LogP contribution in [-0.2, 0) is 9.59 Å². The van der Waals surface area contributed by atoms with Gasteiger partial charge in [-0.1, -0.05) is 36.4 Å². The van der Waals surface area contributed by atoms with Crippen LogP contribution >= 0.6 is 11.8 Å². The Morgan fingerprint density at radius 3 is 2.12 bits per heavy atom. The molecule has 2 N–H and O–H groups in total. The second-order valence-electron chi connectivity index (χ2n) is 5.20. The summed E-state index contributed by atoms with van der Waals surface area (Å²) in [6.07, 6.45) is 1.95. The van der Waals surface area contributed by atoms with Gasteiger partial charge >= 0.3 is 11.8 Å². The Hall–Kier alpha value is -2.79. The maximum atomic E-state index is 12.1. The lowest BCUT2D eigenvalue weighted by molar-refractivity contribution is -0.132. The number of fused-ring (bicyclic) bond motifs is 1. The fourth-order valence-electron chi connectivity index (χ4n) is 2.34. The second kappa shape index (κ2) is 7.19. The number of nitrogens with one attached hydrogen (secondary N) is 2. The van der Waals surface area contributed by atoms with E-state index in [1.165, 1.54) is 0 Å². The molecular weight excluding hydrogens is 320 g/mol. The van der Waals surface area contributed by atoms with Crippen molar-refractivity contribution in [2.24, 2.45) is 0 Å². The number of anilines is 2. The highest BCUT2D eigenvalue weighted by Crippen LogP contribution is 2.20. The number of hydrogen-bond donors (Lipinski definition) is 2. The van der Waals surface area contributed by atoms with Gasteiger partial charge in [-0.3, -0.25) is 9.59 Å². The molecule has 3 aromatic carbocycles. The number of benzene rings is 3. The molecule has 0 saturated carbocycles. The Balaban J connectivity index is 1.69. The summed E-state index contributed by atoms with van der Waals surface area (Å²) >= 11 is 1.57. The van der Waals surface area contributed by atoms with Gasteiger partial charge in [-0.15, -0.1) is 11.8 Å². The van der Waals surface area contributed by atoms with Crippen molar-refractivity contribution in [2.45, 2.75) is 4.90 Å². The molecule has 0 bridgehead atoms. The third kappa shape index (κ3) is 3.75. The SMILES string of the molecule is CSc1cccc(NC(=O)C(=O)Nc2ccc3ccccc3c2)c1. The van der Waals surface area contributed by atoms with Gasteiger partial charge in [-0.2, -0.15) is 0 Å². The predicted molar refractivity (Wildman–Crippen MR) is 99.4 cm³/mol. The average Bonchev–Trinajstić information content (AvgIpc) is 2.61. The summed E-state index contributed by atoms with van der Waals surface area (Å²) in [7, 11) is 0. The van der Waals surface area contributed by atoms with Crippen molar-refractivity contribution in [1.29, 1.82) is 0 Å². The van der Waals surface area contributed by atoms with E-state index in [9.17, 15) is 9.59 Å². The fraction of sp³-hybridized carbons (Fsp3) is 0.0526. The molecule has 5 heteroatoms. The van der Waals surface area contributed by atoms with Crippen molar-refractivity contribution in [3.05, 3.63) is 66.7 Å². The first kappa shape index (κ1) is 16.1. The molecule has 0 fully saturated rings. The van der Waals surface area contributed by atoms with Crippen molar-refractivity contribution in [3.8, 4) is 0 Å². The van der Waals surface area contributed by atoms with Gasteiger partial charge in [-0.05, 0) is 47.4 Å². The third-order valence-corrected chi connectivity index (χ3v) is 4.27. The number of amides is 2. The van der Waals surface area contributed by atoms with Gasteiger partial charge < -0.3 is 10.6 Å². The van der Waals surface area contributed by atoms with Gasteiger partial charge in [0.05, 0.1) is 0 Å². The van der Waals surface area contributed by atoms with Crippen LogP contribution in [0.1, 0.15) is 0 Å². The van der Waals surface area contributed by atoms with Crippen LogP contribution < -0.4 is 10.6 Å². The first-order chi connectivity index (χ1) is 11.7. The minimum Gasteiger partial charge on any atom is -0.318 e. The standard InChI is InChI=1S/C19H16N2O2S/c1-24-17-8-4-7-15(12-17)20-18(22)19(23)21-16-10-9-13-5-2-3-6-14(13)11-16/h2-12H,1H3,(H,20,22)(H,21,23). The van der Waals surface area contributed by atoms with E-state index in [0.29, 0.717) is 11.4 Å². The number of rotatable bonds is 3. The van der Waals surface area contributed by atoms with Gasteiger partial charge in [0.25, 0.3) is 0 Å². The van der Waals surface area contributed by atoms with Crippen molar-refractivity contribution in [1.82, 2.24) is 0 Å². The first-order valence-corrected chi connectivity index (χ1v) is 8.63. The van der Waals surface area contributed by atoms with Gasteiger partial charge in [-0.25, -0.2) is 0 Å². The molecule has 0 aromatic heterocycles. The molecule has 0 unspecified atom stereocenters. The number of hydrogen-bond acceptors (Lipinski definition) is 3. The first-order valence-electron chi connectivity index (χ1n) is 7.41. The Morgan fingerprint density at radius 2 is 1.42 bits per heavy atom. The van der Waals surface area contributed by atoms with E-state index >= 15 is 0 Å². The summed E-state index contributed by atoms with van der Waals surface area (Å²) < 4.78 is 0. The Labute approximate surface area is 144 Å². The van der Waals surface area contributed by atoms with E-state index in [0.717, 1.165) is 15.7 Å². The minimum absolute atomic E-state index is 0.590. The molecule has 0 heterocycles. The van der Waals surface area contributed by atoms with Crippen LogP contribution in [0.4, 0.5) is 11.4 Å². The molecule has 0 saturated heterocycles. The molecule has 0 radical (unpaired) electrons. The lowest BCUT2D eigenvalue weighted by Crippen LogP contribution is -2.29. The largest absolute Gasteiger partial charge is 0.318 e. The molecule has 4 nitrogen and oxygen atoms in total. The average molecular weight is 336 g/mol. The highest BCUT2D eigenvalue weighted by molar-refractivity contribution is 7.98. The molecule has 2 amide bonds. The fourth-order valence-corrected chi connectivity index (χ4v) is 2.80. The van der Waals surface area contributed by atoms with E-state index in [1.807, 2.05) is 60.9 Å². The van der Waals surface area contributed by atoms with Crippen molar-refractivity contribution < 1.29 is 9.59 Å². The Bertz CT molecular complexity index is 909. The second-order valence-corrected chi connectivity index (χ2v) is 6.08. The third-order valence-electron chi connectivity index (χ3n) is 3.54. The van der Waals surface area contributed by atoms with Crippen molar-refractivity contribution in [2.75, 3.05) is 16.9 Å². The van der Waals surface area contributed by atoms with Crippen LogP contribution in [0.5, 0.6) is 0 Å². The van der Waals surface area contributed by atoms with Crippen molar-refractivity contribution >= 4 is 45.7 Å². The quantitative estimate of drug-likeness (QED) is 0.558. The molecule has 0 aliphatic heterocycles. The number of carbonyl (C=O) groups excluding carboxylic acids is 2. The van der Waals surface area contributed by atoms with E-state index in [1.54, 1.807) is 23.9 Å². The van der Waals surface area contributed by atoms with Crippen LogP contribution in [0.3, 0.4) is 0 Å². The maximum Gasteiger partial charge on any atom is 0.314 e. The zero-order chi connectivity index (χ0) is 16.9. The van der Waals surface area contributed by atoms with Crippen LogP contribution in [0.2, 0.25) is 0 Å². The Morgan fingerprint density at radius 1 is 0.750 bits per heavy atom. The number of carbonyl (C=O) groups is 2. The van der Waals surface area contributed by atoms with E-state index in [-0.39, 0.29) is 0 Å². The normalized spacial score (nSPS) is 10.4. The van der Waals surface area contributed by atoms with Crippen LogP contribution in [0.25, 0.3) is 10.8 Å². The van der Waals surface area contributed by atoms with E-state index in [2.05, 4.69) is 10.6 Å². The molecule has 0 aliphatic rings.